The number of methoxy groups -OCH3 is 1. The third kappa shape index (κ3) is 6.86. The summed E-state index contributed by atoms with van der Waals surface area (Å²) >= 11 is 1.31. The Labute approximate surface area is 233 Å². The molecule has 202 valence electrons. The van der Waals surface area contributed by atoms with Crippen LogP contribution < -0.4 is 14.7 Å². The fraction of sp³-hybridized carbons (Fsp3) is 0.267. The van der Waals surface area contributed by atoms with Crippen LogP contribution in [0, 0.1) is 0 Å². The van der Waals surface area contributed by atoms with E-state index in [2.05, 4.69) is 65.8 Å². The van der Waals surface area contributed by atoms with Crippen LogP contribution in [0.15, 0.2) is 83.1 Å². The van der Waals surface area contributed by atoms with Gasteiger partial charge < -0.3 is 9.84 Å². The number of nitrogens with one attached hydrogen (secondary N) is 2. The molecule has 0 atom stereocenters. The molecule has 4 rings (SSSR count). The van der Waals surface area contributed by atoms with Crippen LogP contribution in [0.5, 0.6) is 11.5 Å². The van der Waals surface area contributed by atoms with Gasteiger partial charge >= 0.3 is 5.16 Å². The number of carbonyl (C=O) groups is 1. The Balaban J connectivity index is 1.57. The Morgan fingerprint density at radius 3 is 2.31 bits per heavy atom. The van der Waals surface area contributed by atoms with E-state index in [1.54, 1.807) is 31.4 Å². The highest BCUT2D eigenvalue weighted by molar-refractivity contribution is 7.99. The summed E-state index contributed by atoms with van der Waals surface area (Å²) in [5.74, 6) is 1.63. The first-order valence-corrected chi connectivity index (χ1v) is 13.7. The van der Waals surface area contributed by atoms with E-state index >= 15 is 0 Å². The van der Waals surface area contributed by atoms with Crippen LogP contribution in [0.1, 0.15) is 45.2 Å². The summed E-state index contributed by atoms with van der Waals surface area (Å²) in [5, 5.41) is 22.2. The minimum absolute atomic E-state index is 0.0508. The highest BCUT2D eigenvalue weighted by Crippen LogP contribution is 2.26. The Bertz CT molecular complexity index is 1440. The normalized spacial score (nSPS) is 11.9. The number of aromatic hydroxyl groups is 1. The predicted octanol–water partition coefficient (Wildman–Crippen LogP) is 5.39. The number of nitrogens with zero attached hydrogens (tertiary/aromatic N) is 3. The molecule has 1 aromatic heterocycles. The number of ether oxygens (including phenoxy) is 1. The molecule has 9 heteroatoms. The lowest BCUT2D eigenvalue weighted by atomic mass is 9.87. The number of hydrogen-bond donors (Lipinski definition) is 3. The maximum atomic E-state index is 12.7. The predicted molar refractivity (Wildman–Crippen MR) is 155 cm³/mol. The van der Waals surface area contributed by atoms with Crippen molar-refractivity contribution in [2.24, 2.45) is 5.10 Å². The molecule has 0 saturated heterocycles. The first-order valence-electron chi connectivity index (χ1n) is 12.7. The van der Waals surface area contributed by atoms with E-state index in [0.29, 0.717) is 11.6 Å². The van der Waals surface area contributed by atoms with Gasteiger partial charge in [-0.3, -0.25) is 4.79 Å². The van der Waals surface area contributed by atoms with Crippen LogP contribution in [0.2, 0.25) is 0 Å². The number of H-pyrrole nitrogens is 1. The largest absolute Gasteiger partial charge is 0.508 e. The topological polar surface area (TPSA) is 103 Å². The summed E-state index contributed by atoms with van der Waals surface area (Å²) in [6.07, 6.45) is 0.631. The molecule has 0 radical (unpaired) electrons. The molecule has 0 bridgehead atoms. The van der Waals surface area contributed by atoms with Gasteiger partial charge in [0, 0.05) is 0 Å². The van der Waals surface area contributed by atoms with E-state index in [1.807, 2.05) is 35.8 Å². The summed E-state index contributed by atoms with van der Waals surface area (Å²) < 4.78 is 7.33. The van der Waals surface area contributed by atoms with Gasteiger partial charge in [-0.2, -0.15) is 9.67 Å². The summed E-state index contributed by atoms with van der Waals surface area (Å²) in [6.45, 7) is 8.53. The van der Waals surface area contributed by atoms with Gasteiger partial charge in [-0.15, -0.1) is 5.10 Å². The lowest BCUT2D eigenvalue weighted by Gasteiger charge is -2.18. The Hall–Kier alpha value is -4.11. The van der Waals surface area contributed by atoms with Gasteiger partial charge in [-0.25, -0.2) is 5.43 Å². The number of rotatable bonds is 9. The number of aromatic nitrogens is 3. The standard InChI is InChI=1S/C30H33N5O3S/c1-6-26(20-9-15-24(36)16-10-20)31-32-27(37)19-39-29-34-33-28(21-7-11-22(12-8-21)30(2,3)4)35(29)23-13-17-25(38-5)18-14-23/h7-18H,6,19H2,1-5H3,(H2,31,32,36,37)/p+1. The van der Waals surface area contributed by atoms with E-state index in [1.165, 1.54) is 17.3 Å². The second-order valence-electron chi connectivity index (χ2n) is 10.00. The third-order valence-corrected chi connectivity index (χ3v) is 7.15. The summed E-state index contributed by atoms with van der Waals surface area (Å²) in [4.78, 5) is 12.7. The number of benzene rings is 3. The number of amides is 1. The summed E-state index contributed by atoms with van der Waals surface area (Å²) in [7, 11) is 1.64. The molecule has 0 aliphatic carbocycles. The van der Waals surface area contributed by atoms with Crippen molar-refractivity contribution < 1.29 is 19.2 Å². The van der Waals surface area contributed by atoms with E-state index < -0.39 is 0 Å². The summed E-state index contributed by atoms with van der Waals surface area (Å²) in [6, 6.07) is 22.9. The van der Waals surface area contributed by atoms with Gasteiger partial charge in [0.05, 0.1) is 29.2 Å². The maximum Gasteiger partial charge on any atom is 0.342 e. The summed E-state index contributed by atoms with van der Waals surface area (Å²) in [5.41, 5.74) is 7.38. The zero-order chi connectivity index (χ0) is 28.0. The monoisotopic (exact) mass is 544 g/mol. The zero-order valence-electron chi connectivity index (χ0n) is 22.9. The molecule has 39 heavy (non-hydrogen) atoms. The van der Waals surface area contributed by atoms with Crippen LogP contribution in [0.25, 0.3) is 17.1 Å². The van der Waals surface area contributed by atoms with Crippen molar-refractivity contribution in [3.63, 3.8) is 0 Å². The molecule has 4 aromatic rings. The highest BCUT2D eigenvalue weighted by atomic mass is 32.2. The molecule has 0 aliphatic heterocycles. The highest BCUT2D eigenvalue weighted by Gasteiger charge is 2.25. The second-order valence-corrected chi connectivity index (χ2v) is 10.9. The van der Waals surface area contributed by atoms with Gasteiger partial charge in [0.25, 0.3) is 11.7 Å². The molecule has 0 saturated carbocycles. The van der Waals surface area contributed by atoms with Crippen LogP contribution in [-0.2, 0) is 10.2 Å². The van der Waals surface area contributed by atoms with Crippen molar-refractivity contribution in [3.8, 4) is 28.6 Å². The first-order chi connectivity index (χ1) is 18.7. The Morgan fingerprint density at radius 2 is 1.72 bits per heavy atom. The van der Waals surface area contributed by atoms with Crippen molar-refractivity contribution in [2.75, 3.05) is 12.9 Å². The smallest absolute Gasteiger partial charge is 0.342 e. The zero-order valence-corrected chi connectivity index (χ0v) is 23.7. The number of phenolic OH excluding ortho intramolecular Hbond substituents is 1. The molecular formula is C30H34N5O3S+. The number of hydrogen-bond acceptors (Lipinski definition) is 6. The van der Waals surface area contributed by atoms with E-state index in [0.717, 1.165) is 34.1 Å². The molecule has 0 aliphatic rings. The first kappa shape index (κ1) is 27.9. The average molecular weight is 545 g/mol. The quantitative estimate of drug-likeness (QED) is 0.114. The fourth-order valence-corrected chi connectivity index (χ4v) is 4.74. The van der Waals surface area contributed by atoms with Crippen molar-refractivity contribution in [1.82, 2.24) is 15.6 Å². The number of hydrazone groups is 1. The van der Waals surface area contributed by atoms with E-state index in [-0.39, 0.29) is 22.8 Å². The molecule has 3 N–H and O–H groups in total. The lowest BCUT2D eigenvalue weighted by molar-refractivity contribution is -0.625. The molecule has 3 aromatic carbocycles. The SMILES string of the molecule is CC/C(=N/NC(=O)CSc1n[nH]c(-c2ccc(C(C)(C)C)cc2)[n+]1-c1ccc(OC)cc1)c1ccc(O)cc1. The Kier molecular flexibility index (Phi) is 8.71. The maximum absolute atomic E-state index is 12.7. The van der Waals surface area contributed by atoms with Gasteiger partial charge in [0.1, 0.15) is 17.2 Å². The molecule has 8 nitrogen and oxygen atoms in total. The van der Waals surface area contributed by atoms with Crippen LogP contribution >= 0.6 is 11.8 Å². The van der Waals surface area contributed by atoms with Crippen molar-refractivity contribution in [3.05, 3.63) is 83.9 Å². The van der Waals surface area contributed by atoms with E-state index in [9.17, 15) is 9.90 Å². The molecule has 0 unspecified atom stereocenters. The molecule has 0 fully saturated rings. The molecule has 1 heterocycles. The van der Waals surface area contributed by atoms with Crippen LogP contribution in [-0.4, -0.2) is 39.8 Å². The van der Waals surface area contributed by atoms with Gasteiger partial charge in [0.2, 0.25) is 0 Å². The van der Waals surface area contributed by atoms with Crippen LogP contribution in [0.4, 0.5) is 0 Å². The number of carbonyl (C=O) groups excluding carboxylic acids is 1. The van der Waals surface area contributed by atoms with Crippen molar-refractivity contribution in [1.29, 1.82) is 0 Å². The molecule has 0 spiro atoms. The fourth-order valence-electron chi connectivity index (χ4n) is 3.98. The minimum atomic E-state index is -0.245. The van der Waals surface area contributed by atoms with Gasteiger partial charge in [-0.1, -0.05) is 39.8 Å². The van der Waals surface area contributed by atoms with Crippen LogP contribution in [0.3, 0.4) is 0 Å². The van der Waals surface area contributed by atoms with E-state index in [4.69, 9.17) is 4.74 Å². The minimum Gasteiger partial charge on any atom is -0.508 e. The van der Waals surface area contributed by atoms with Gasteiger partial charge in [-0.05, 0) is 95.4 Å². The molecular weight excluding hydrogens is 510 g/mol. The number of thioether (sulfide) groups is 1. The second kappa shape index (κ2) is 12.2. The average Bonchev–Trinajstić information content (AvgIpc) is 3.36. The van der Waals surface area contributed by atoms with Crippen molar-refractivity contribution >= 4 is 23.4 Å². The Morgan fingerprint density at radius 1 is 1.05 bits per heavy atom. The van der Waals surface area contributed by atoms with Gasteiger partial charge in [0.15, 0.2) is 0 Å². The number of aromatic amines is 1. The van der Waals surface area contributed by atoms with Crippen molar-refractivity contribution in [2.45, 2.75) is 44.7 Å². The lowest BCUT2D eigenvalue weighted by Crippen LogP contribution is -2.34. The molecule has 1 amide bonds. The third-order valence-electron chi connectivity index (χ3n) is 6.21. The number of phenols is 1.